The van der Waals surface area contributed by atoms with Gasteiger partial charge in [0.05, 0.1) is 0 Å². The van der Waals surface area contributed by atoms with E-state index in [0.29, 0.717) is 32.3 Å². The molecule has 0 saturated heterocycles. The van der Waals surface area contributed by atoms with Crippen molar-refractivity contribution in [3.05, 3.63) is 62.1 Å². The first-order valence-electron chi connectivity index (χ1n) is 9.06. The van der Waals surface area contributed by atoms with Crippen molar-refractivity contribution in [2.24, 2.45) is 5.16 Å². The van der Waals surface area contributed by atoms with E-state index >= 15 is 0 Å². The maximum atomic E-state index is 14.1. The molecule has 3 nitrogen and oxygen atoms in total. The third-order valence-corrected chi connectivity index (χ3v) is 8.41. The Labute approximate surface area is 186 Å². The quantitative estimate of drug-likeness (QED) is 0.476. The number of benzene rings is 2. The summed E-state index contributed by atoms with van der Waals surface area (Å²) in [5, 5.41) is 2.83. The van der Waals surface area contributed by atoms with Gasteiger partial charge in [-0.05, 0) is 74.6 Å². The number of alkyl halides is 3. The van der Waals surface area contributed by atoms with E-state index in [1.807, 2.05) is 6.92 Å². The van der Waals surface area contributed by atoms with E-state index in [0.717, 1.165) is 12.5 Å². The number of hydrogen-bond donors (Lipinski definition) is 0. The van der Waals surface area contributed by atoms with Crippen LogP contribution in [-0.4, -0.2) is 27.3 Å². The SMILES string of the molecule is Cc1ccc([S@+]([O-])[C@H]2C(c3c(C)c(Cl)c(C)c(Cl)c3C)=NO[C@]2(C)C(F)(F)F)cc1. The number of hydrogen-bond acceptors (Lipinski definition) is 3. The van der Waals surface area contributed by atoms with Crippen LogP contribution in [0.1, 0.15) is 34.7 Å². The van der Waals surface area contributed by atoms with Gasteiger partial charge in [-0.15, -0.1) is 0 Å². The van der Waals surface area contributed by atoms with Gasteiger partial charge in [0, 0.05) is 15.6 Å². The smallest absolute Gasteiger partial charge is 0.436 e. The number of rotatable bonds is 3. The lowest BCUT2D eigenvalue weighted by molar-refractivity contribution is -0.260. The molecule has 3 rings (SSSR count). The molecule has 0 unspecified atom stereocenters. The maximum Gasteiger partial charge on any atom is 0.436 e. The van der Waals surface area contributed by atoms with Crippen LogP contribution in [0.5, 0.6) is 0 Å². The summed E-state index contributed by atoms with van der Waals surface area (Å²) in [6.07, 6.45) is -4.82. The van der Waals surface area contributed by atoms with Crippen LogP contribution in [0.25, 0.3) is 0 Å². The van der Waals surface area contributed by atoms with Crippen molar-refractivity contribution in [2.45, 2.75) is 56.5 Å². The number of aryl methyl sites for hydroxylation is 1. The Balaban J connectivity index is 2.23. The summed E-state index contributed by atoms with van der Waals surface area (Å²) in [7, 11) is 0. The first-order valence-corrected chi connectivity index (χ1v) is 11.0. The molecule has 162 valence electrons. The number of halogens is 5. The molecule has 0 amide bonds. The Morgan fingerprint density at radius 3 is 1.97 bits per heavy atom. The molecule has 1 aliphatic rings. The highest BCUT2D eigenvalue weighted by Crippen LogP contribution is 2.47. The van der Waals surface area contributed by atoms with Gasteiger partial charge >= 0.3 is 6.18 Å². The van der Waals surface area contributed by atoms with Crippen LogP contribution in [0.4, 0.5) is 13.2 Å². The molecule has 0 spiro atoms. The molecule has 2 aromatic carbocycles. The molecular weight excluding hydrogens is 458 g/mol. The normalized spacial score (nSPS) is 22.6. The molecule has 1 heterocycles. The summed E-state index contributed by atoms with van der Waals surface area (Å²) in [6, 6.07) is 6.49. The molecular formula is C21H20Cl2F3NO2S. The summed E-state index contributed by atoms with van der Waals surface area (Å²) < 4.78 is 55.6. The van der Waals surface area contributed by atoms with Crippen molar-refractivity contribution in [3.8, 4) is 0 Å². The van der Waals surface area contributed by atoms with Crippen molar-refractivity contribution >= 4 is 40.1 Å². The average Bonchev–Trinajstić information content (AvgIpc) is 3.03. The van der Waals surface area contributed by atoms with Crippen molar-refractivity contribution < 1.29 is 22.6 Å². The lowest BCUT2D eigenvalue weighted by atomic mass is 9.89. The molecule has 0 bridgehead atoms. The van der Waals surface area contributed by atoms with E-state index in [1.54, 1.807) is 45.0 Å². The fourth-order valence-corrected chi connectivity index (χ4v) is 5.59. The molecule has 0 aliphatic carbocycles. The minimum absolute atomic E-state index is 0.0764. The standard InChI is InChI=1S/C21H20Cl2F3NO2S/c1-10-6-8-14(9-7-10)30(28)19-18(27-29-20(19,5)21(24,25)26)15-11(2)16(22)13(4)17(23)12(15)3/h6-9,19H,1-5H3/t19-,20-,30-/m0/s1. The summed E-state index contributed by atoms with van der Waals surface area (Å²) in [4.78, 5) is 5.20. The van der Waals surface area contributed by atoms with Gasteiger partial charge in [-0.1, -0.05) is 46.1 Å². The minimum atomic E-state index is -4.82. The van der Waals surface area contributed by atoms with E-state index in [-0.39, 0.29) is 10.6 Å². The van der Waals surface area contributed by atoms with Gasteiger partial charge < -0.3 is 9.39 Å². The molecule has 0 saturated carbocycles. The van der Waals surface area contributed by atoms with Crippen LogP contribution in [0.3, 0.4) is 0 Å². The van der Waals surface area contributed by atoms with Gasteiger partial charge in [-0.3, -0.25) is 0 Å². The Kier molecular flexibility index (Phi) is 6.15. The highest BCUT2D eigenvalue weighted by Gasteiger charge is 2.69. The summed E-state index contributed by atoms with van der Waals surface area (Å²) in [5.41, 5.74) is 0.00925. The average molecular weight is 478 g/mol. The van der Waals surface area contributed by atoms with Crippen molar-refractivity contribution in [3.63, 3.8) is 0 Å². The molecule has 0 aromatic heterocycles. The van der Waals surface area contributed by atoms with E-state index < -0.39 is 28.2 Å². The van der Waals surface area contributed by atoms with Crippen molar-refractivity contribution in [2.75, 3.05) is 0 Å². The van der Waals surface area contributed by atoms with Gasteiger partial charge in [-0.2, -0.15) is 13.2 Å². The highest BCUT2D eigenvalue weighted by atomic mass is 35.5. The first kappa shape index (κ1) is 23.3. The van der Waals surface area contributed by atoms with Crippen molar-refractivity contribution in [1.29, 1.82) is 0 Å². The van der Waals surface area contributed by atoms with Gasteiger partial charge in [0.15, 0.2) is 4.90 Å². The lowest BCUT2D eigenvalue weighted by Crippen LogP contribution is -2.56. The van der Waals surface area contributed by atoms with E-state index in [9.17, 15) is 17.7 Å². The van der Waals surface area contributed by atoms with Gasteiger partial charge in [0.2, 0.25) is 5.25 Å². The van der Waals surface area contributed by atoms with Gasteiger partial charge in [0.1, 0.15) is 5.71 Å². The van der Waals surface area contributed by atoms with E-state index in [4.69, 9.17) is 28.0 Å². The van der Waals surface area contributed by atoms with E-state index in [2.05, 4.69) is 5.16 Å². The molecule has 1 aliphatic heterocycles. The number of oxime groups is 1. The predicted molar refractivity (Wildman–Crippen MR) is 114 cm³/mol. The van der Waals surface area contributed by atoms with Gasteiger partial charge in [0.25, 0.3) is 5.60 Å². The molecule has 2 aromatic rings. The number of nitrogens with zero attached hydrogens (tertiary/aromatic N) is 1. The second-order valence-electron chi connectivity index (χ2n) is 7.54. The zero-order valence-electron chi connectivity index (χ0n) is 16.9. The zero-order valence-corrected chi connectivity index (χ0v) is 19.3. The van der Waals surface area contributed by atoms with E-state index in [1.165, 1.54) is 0 Å². The van der Waals surface area contributed by atoms with Crippen molar-refractivity contribution in [1.82, 2.24) is 0 Å². The summed E-state index contributed by atoms with van der Waals surface area (Å²) in [5.74, 6) is 0. The van der Waals surface area contributed by atoms with Crippen LogP contribution in [0.2, 0.25) is 10.0 Å². The third kappa shape index (κ3) is 3.60. The second-order valence-corrected chi connectivity index (χ2v) is 9.83. The largest absolute Gasteiger partial charge is 0.611 e. The van der Waals surface area contributed by atoms with Crippen LogP contribution in [0, 0.1) is 27.7 Å². The highest BCUT2D eigenvalue weighted by molar-refractivity contribution is 7.93. The Hall–Kier alpha value is -1.41. The summed E-state index contributed by atoms with van der Waals surface area (Å²) in [6.45, 7) is 7.77. The lowest BCUT2D eigenvalue weighted by Gasteiger charge is -2.32. The van der Waals surface area contributed by atoms with Gasteiger partial charge in [-0.25, -0.2) is 0 Å². The van der Waals surface area contributed by atoms with Crippen LogP contribution < -0.4 is 0 Å². The zero-order chi connectivity index (χ0) is 22.6. The molecule has 0 radical (unpaired) electrons. The minimum Gasteiger partial charge on any atom is -0.611 e. The van der Waals surface area contributed by atoms with Crippen LogP contribution in [0.15, 0.2) is 34.3 Å². The topological polar surface area (TPSA) is 44.7 Å². The molecule has 0 fully saturated rings. The maximum absolute atomic E-state index is 14.1. The third-order valence-electron chi connectivity index (χ3n) is 5.44. The van der Waals surface area contributed by atoms with Crippen LogP contribution in [-0.2, 0) is 16.0 Å². The molecule has 30 heavy (non-hydrogen) atoms. The monoisotopic (exact) mass is 477 g/mol. The Bertz CT molecular complexity index is 995. The van der Waals surface area contributed by atoms with Crippen LogP contribution >= 0.6 is 23.2 Å². The summed E-state index contributed by atoms with van der Waals surface area (Å²) >= 11 is 10.7. The second kappa shape index (κ2) is 7.93. The fraction of sp³-hybridized carbons (Fsp3) is 0.381. The first-order chi connectivity index (χ1) is 13.8. The molecule has 0 N–H and O–H groups in total. The molecule has 3 atom stereocenters. The Morgan fingerprint density at radius 1 is 1.00 bits per heavy atom. The molecule has 9 heteroatoms. The predicted octanol–water partition coefficient (Wildman–Crippen LogP) is 6.46. The Morgan fingerprint density at radius 2 is 1.50 bits per heavy atom. The fourth-order valence-electron chi connectivity index (χ4n) is 3.54.